The van der Waals surface area contributed by atoms with E-state index in [9.17, 15) is 9.90 Å². The molecular formula is C11H19N3O2. The van der Waals surface area contributed by atoms with Crippen molar-refractivity contribution in [3.05, 3.63) is 22.9 Å². The summed E-state index contributed by atoms with van der Waals surface area (Å²) in [6.45, 7) is 3.53. The number of imidazole rings is 1. The number of aliphatic hydroxyl groups excluding tert-OH is 1. The van der Waals surface area contributed by atoms with E-state index in [0.29, 0.717) is 25.7 Å². The highest BCUT2D eigenvalue weighted by Crippen LogP contribution is 2.18. The largest absolute Gasteiger partial charge is 0.390 e. The molecule has 1 aromatic rings. The Morgan fingerprint density at radius 2 is 2.19 bits per heavy atom. The van der Waals surface area contributed by atoms with Crippen LogP contribution in [0, 0.1) is 0 Å². The molecule has 90 valence electrons. The van der Waals surface area contributed by atoms with E-state index in [1.807, 2.05) is 6.92 Å². The van der Waals surface area contributed by atoms with Crippen molar-refractivity contribution in [1.29, 1.82) is 0 Å². The first kappa shape index (κ1) is 11.4. The van der Waals surface area contributed by atoms with Crippen LogP contribution >= 0.6 is 0 Å². The lowest BCUT2D eigenvalue weighted by Gasteiger charge is -2.11. The van der Waals surface area contributed by atoms with Crippen LogP contribution in [0.5, 0.6) is 0 Å². The zero-order chi connectivity index (χ0) is 11.5. The van der Waals surface area contributed by atoms with E-state index in [1.54, 1.807) is 21.5 Å². The van der Waals surface area contributed by atoms with Crippen molar-refractivity contribution in [3.63, 3.8) is 0 Å². The van der Waals surface area contributed by atoms with E-state index in [2.05, 4.69) is 5.32 Å². The molecule has 2 N–H and O–H groups in total. The number of aromatic nitrogens is 2. The third-order valence-electron chi connectivity index (χ3n) is 2.89. The molecular weight excluding hydrogens is 206 g/mol. The second kappa shape index (κ2) is 4.84. The smallest absolute Gasteiger partial charge is 0.328 e. The van der Waals surface area contributed by atoms with Gasteiger partial charge in [-0.1, -0.05) is 0 Å². The fourth-order valence-corrected chi connectivity index (χ4v) is 1.71. The molecule has 0 amide bonds. The van der Waals surface area contributed by atoms with Crippen LogP contribution in [0.4, 0.5) is 0 Å². The molecule has 0 bridgehead atoms. The molecule has 0 aromatic carbocycles. The number of nitrogens with zero attached hydrogens (tertiary/aromatic N) is 2. The van der Waals surface area contributed by atoms with Crippen LogP contribution in [0.2, 0.25) is 0 Å². The van der Waals surface area contributed by atoms with Crippen LogP contribution in [0.15, 0.2) is 17.2 Å². The average Bonchev–Trinajstić information content (AvgIpc) is 3.03. The molecule has 1 fully saturated rings. The molecule has 1 aliphatic carbocycles. The first-order chi connectivity index (χ1) is 7.70. The van der Waals surface area contributed by atoms with Crippen molar-refractivity contribution in [3.8, 4) is 0 Å². The van der Waals surface area contributed by atoms with Gasteiger partial charge in [0.15, 0.2) is 0 Å². The molecule has 0 aliphatic heterocycles. The molecule has 5 heteroatoms. The Bertz CT molecular complexity index is 392. The number of aliphatic hydroxyl groups is 1. The lowest BCUT2D eigenvalue weighted by molar-refractivity contribution is 0.149. The molecule has 1 heterocycles. The maximum absolute atomic E-state index is 11.7. The summed E-state index contributed by atoms with van der Waals surface area (Å²) in [5.74, 6) is 0. The lowest BCUT2D eigenvalue weighted by atomic mass is 10.3. The topological polar surface area (TPSA) is 59.2 Å². The van der Waals surface area contributed by atoms with Gasteiger partial charge < -0.3 is 10.4 Å². The summed E-state index contributed by atoms with van der Waals surface area (Å²) in [4.78, 5) is 11.7. The number of hydrogen-bond donors (Lipinski definition) is 2. The van der Waals surface area contributed by atoms with Gasteiger partial charge in [-0.05, 0) is 19.8 Å². The van der Waals surface area contributed by atoms with Crippen molar-refractivity contribution >= 4 is 0 Å². The van der Waals surface area contributed by atoms with Gasteiger partial charge in [0.1, 0.15) is 0 Å². The molecule has 1 aromatic heterocycles. The Hall–Kier alpha value is -1.07. The average molecular weight is 225 g/mol. The molecule has 1 saturated carbocycles. The third kappa shape index (κ3) is 2.74. The molecule has 0 radical (unpaired) electrons. The summed E-state index contributed by atoms with van der Waals surface area (Å²) < 4.78 is 3.18. The molecule has 16 heavy (non-hydrogen) atoms. The maximum atomic E-state index is 11.7. The normalized spacial score (nSPS) is 17.6. The van der Waals surface area contributed by atoms with Gasteiger partial charge in [0.2, 0.25) is 0 Å². The minimum atomic E-state index is -0.494. The predicted molar refractivity (Wildman–Crippen MR) is 61.4 cm³/mol. The first-order valence-electron chi connectivity index (χ1n) is 5.87. The van der Waals surface area contributed by atoms with Gasteiger partial charge in [0.25, 0.3) is 0 Å². The Kier molecular flexibility index (Phi) is 3.46. The van der Waals surface area contributed by atoms with Gasteiger partial charge in [-0.2, -0.15) is 0 Å². The number of aryl methyl sites for hydroxylation is 1. The van der Waals surface area contributed by atoms with Crippen LogP contribution in [0.25, 0.3) is 0 Å². The predicted octanol–water partition coefficient (Wildman–Crippen LogP) is -0.217. The van der Waals surface area contributed by atoms with Gasteiger partial charge in [-0.15, -0.1) is 0 Å². The summed E-state index contributed by atoms with van der Waals surface area (Å²) in [7, 11) is 0. The van der Waals surface area contributed by atoms with E-state index in [4.69, 9.17) is 0 Å². The number of hydrogen-bond acceptors (Lipinski definition) is 3. The highest BCUT2D eigenvalue weighted by molar-refractivity contribution is 4.84. The highest BCUT2D eigenvalue weighted by Gasteiger charge is 2.21. The van der Waals surface area contributed by atoms with Crippen LogP contribution in [0.1, 0.15) is 19.8 Å². The number of rotatable bonds is 6. The molecule has 1 aliphatic rings. The van der Waals surface area contributed by atoms with Crippen LogP contribution < -0.4 is 11.0 Å². The van der Waals surface area contributed by atoms with Crippen LogP contribution in [-0.2, 0) is 13.1 Å². The molecule has 0 spiro atoms. The Morgan fingerprint density at radius 1 is 1.50 bits per heavy atom. The fraction of sp³-hybridized carbons (Fsp3) is 0.727. The van der Waals surface area contributed by atoms with Gasteiger partial charge >= 0.3 is 5.69 Å². The zero-order valence-corrected chi connectivity index (χ0v) is 9.59. The van der Waals surface area contributed by atoms with Crippen LogP contribution in [-0.4, -0.2) is 32.9 Å². The van der Waals surface area contributed by atoms with Crippen molar-refractivity contribution < 1.29 is 5.11 Å². The first-order valence-corrected chi connectivity index (χ1v) is 5.87. The third-order valence-corrected chi connectivity index (χ3v) is 2.89. The second-order valence-electron chi connectivity index (χ2n) is 4.36. The van der Waals surface area contributed by atoms with Crippen LogP contribution in [0.3, 0.4) is 0 Å². The quantitative estimate of drug-likeness (QED) is 0.704. The minimum Gasteiger partial charge on any atom is -0.390 e. The van der Waals surface area contributed by atoms with E-state index in [0.717, 1.165) is 0 Å². The van der Waals surface area contributed by atoms with Gasteiger partial charge in [-0.25, -0.2) is 4.79 Å². The lowest BCUT2D eigenvalue weighted by Crippen LogP contribution is -2.35. The molecule has 2 rings (SSSR count). The van der Waals surface area contributed by atoms with E-state index in [1.165, 1.54) is 12.8 Å². The van der Waals surface area contributed by atoms with E-state index >= 15 is 0 Å². The van der Waals surface area contributed by atoms with Gasteiger partial charge in [0, 0.05) is 31.5 Å². The zero-order valence-electron chi connectivity index (χ0n) is 9.59. The van der Waals surface area contributed by atoms with Crippen molar-refractivity contribution in [1.82, 2.24) is 14.5 Å². The Balaban J connectivity index is 1.86. The Morgan fingerprint density at radius 3 is 2.75 bits per heavy atom. The Labute approximate surface area is 94.7 Å². The van der Waals surface area contributed by atoms with Crippen molar-refractivity contribution in [2.75, 3.05) is 6.54 Å². The summed E-state index contributed by atoms with van der Waals surface area (Å²) in [6.07, 6.45) is 5.40. The second-order valence-corrected chi connectivity index (χ2v) is 4.36. The fourth-order valence-electron chi connectivity index (χ4n) is 1.71. The van der Waals surface area contributed by atoms with Gasteiger partial charge in [-0.3, -0.25) is 9.13 Å². The highest BCUT2D eigenvalue weighted by atomic mass is 16.3. The molecule has 1 atom stereocenters. The van der Waals surface area contributed by atoms with E-state index in [-0.39, 0.29) is 5.69 Å². The molecule has 1 unspecified atom stereocenters. The molecule has 5 nitrogen and oxygen atoms in total. The minimum absolute atomic E-state index is 0.0482. The maximum Gasteiger partial charge on any atom is 0.328 e. The molecule has 0 saturated heterocycles. The summed E-state index contributed by atoms with van der Waals surface area (Å²) >= 11 is 0. The van der Waals surface area contributed by atoms with E-state index < -0.39 is 6.10 Å². The SMILES string of the molecule is CCn1ccn(CC(O)CNC2CC2)c1=O. The monoisotopic (exact) mass is 225 g/mol. The summed E-state index contributed by atoms with van der Waals surface area (Å²) in [5, 5.41) is 13.0. The summed E-state index contributed by atoms with van der Waals surface area (Å²) in [6, 6.07) is 0.589. The standard InChI is InChI=1S/C11H19N3O2/c1-2-13-5-6-14(11(13)16)8-10(15)7-12-9-3-4-9/h5-6,9-10,12,15H,2-4,7-8H2,1H3. The summed E-state index contributed by atoms with van der Waals surface area (Å²) in [5.41, 5.74) is -0.0482. The number of nitrogens with one attached hydrogen (secondary N) is 1. The van der Waals surface area contributed by atoms with Crippen molar-refractivity contribution in [2.24, 2.45) is 0 Å². The van der Waals surface area contributed by atoms with Crippen molar-refractivity contribution in [2.45, 2.75) is 45.0 Å². The van der Waals surface area contributed by atoms with Gasteiger partial charge in [0.05, 0.1) is 12.6 Å².